The summed E-state index contributed by atoms with van der Waals surface area (Å²) in [4.78, 5) is 21.9. The number of aryl methyl sites for hydroxylation is 2. The monoisotopic (exact) mass is 414 g/mol. The van der Waals surface area contributed by atoms with E-state index in [4.69, 9.17) is 0 Å². The Balaban J connectivity index is 1.39. The van der Waals surface area contributed by atoms with Gasteiger partial charge in [-0.15, -0.1) is 0 Å². The number of hydrogen-bond acceptors (Lipinski definition) is 4. The minimum Gasteiger partial charge on any atom is -0.367 e. The molecule has 1 saturated heterocycles. The highest BCUT2D eigenvalue weighted by Crippen LogP contribution is 2.27. The molecule has 1 amide bonds. The molecule has 1 fully saturated rings. The van der Waals surface area contributed by atoms with Crippen LogP contribution in [0.25, 0.3) is 0 Å². The Kier molecular flexibility index (Phi) is 6.63. The fraction of sp³-hybridized carbons (Fsp3) is 0.308. The fourth-order valence-corrected chi connectivity index (χ4v) is 4.07. The average Bonchev–Trinajstić information content (AvgIpc) is 2.81. The topological polar surface area (TPSA) is 48.5 Å². The highest BCUT2D eigenvalue weighted by molar-refractivity contribution is 6.07. The summed E-state index contributed by atoms with van der Waals surface area (Å²) in [6.45, 7) is 8.99. The number of para-hydroxylation sites is 2. The number of pyridine rings is 1. The number of amides is 1. The number of benzene rings is 2. The van der Waals surface area contributed by atoms with E-state index in [9.17, 15) is 4.79 Å². The number of carbonyl (C=O) groups is 1. The van der Waals surface area contributed by atoms with Crippen molar-refractivity contribution in [2.45, 2.75) is 20.3 Å². The number of aromatic nitrogens is 1. The lowest BCUT2D eigenvalue weighted by Crippen LogP contribution is -2.47. The maximum absolute atomic E-state index is 13.0. The van der Waals surface area contributed by atoms with Gasteiger partial charge in [-0.05, 0) is 61.7 Å². The lowest BCUT2D eigenvalue weighted by Gasteiger charge is -2.37. The van der Waals surface area contributed by atoms with Gasteiger partial charge in [0.1, 0.15) is 0 Å². The predicted octanol–water partition coefficient (Wildman–Crippen LogP) is 4.32. The molecule has 3 aromatic rings. The van der Waals surface area contributed by atoms with Gasteiger partial charge in [0.25, 0.3) is 5.91 Å². The molecule has 4 rings (SSSR count). The molecule has 1 aliphatic rings. The van der Waals surface area contributed by atoms with Crippen molar-refractivity contribution in [1.82, 2.24) is 9.88 Å². The van der Waals surface area contributed by atoms with Crippen LogP contribution in [0.4, 0.5) is 11.4 Å². The standard InChI is InChI=1S/C26H30N4O/c1-20-7-8-21(2)23(19-20)26(31)28-24-5-3-4-6-25(24)30-17-15-29(16-18-30)14-11-22-9-12-27-13-10-22/h3-10,12-13,19H,11,14-18H2,1-2H3,(H,28,31). The van der Waals surface area contributed by atoms with Gasteiger partial charge in [-0.25, -0.2) is 0 Å². The Labute approximate surface area is 184 Å². The molecule has 0 saturated carbocycles. The average molecular weight is 415 g/mol. The van der Waals surface area contributed by atoms with E-state index >= 15 is 0 Å². The van der Waals surface area contributed by atoms with E-state index in [1.54, 1.807) is 0 Å². The second kappa shape index (κ2) is 9.75. The van der Waals surface area contributed by atoms with Crippen molar-refractivity contribution in [2.24, 2.45) is 0 Å². The number of carbonyl (C=O) groups excluding carboxylic acids is 1. The highest BCUT2D eigenvalue weighted by Gasteiger charge is 2.20. The number of piperazine rings is 1. The summed E-state index contributed by atoms with van der Waals surface area (Å²) in [5.41, 5.74) is 6.11. The van der Waals surface area contributed by atoms with Crippen molar-refractivity contribution in [3.05, 3.63) is 89.2 Å². The minimum atomic E-state index is -0.0513. The molecule has 0 atom stereocenters. The summed E-state index contributed by atoms with van der Waals surface area (Å²) in [5, 5.41) is 3.15. The van der Waals surface area contributed by atoms with Gasteiger partial charge in [0.15, 0.2) is 0 Å². The number of nitrogens with one attached hydrogen (secondary N) is 1. The normalized spacial score (nSPS) is 14.5. The third-order valence-electron chi connectivity index (χ3n) is 5.97. The maximum Gasteiger partial charge on any atom is 0.255 e. The molecule has 5 nitrogen and oxygen atoms in total. The molecule has 0 unspecified atom stereocenters. The van der Waals surface area contributed by atoms with Gasteiger partial charge in [0.05, 0.1) is 11.4 Å². The first-order chi connectivity index (χ1) is 15.1. The van der Waals surface area contributed by atoms with Crippen molar-refractivity contribution in [3.8, 4) is 0 Å². The molecule has 1 aliphatic heterocycles. The first-order valence-electron chi connectivity index (χ1n) is 10.9. The van der Waals surface area contributed by atoms with Crippen LogP contribution in [0.2, 0.25) is 0 Å². The summed E-state index contributed by atoms with van der Waals surface area (Å²) in [5.74, 6) is -0.0513. The molecule has 0 spiro atoms. The van der Waals surface area contributed by atoms with Gasteiger partial charge in [0.2, 0.25) is 0 Å². The van der Waals surface area contributed by atoms with Gasteiger partial charge in [-0.2, -0.15) is 0 Å². The second-order valence-corrected chi connectivity index (χ2v) is 8.22. The zero-order chi connectivity index (χ0) is 21.6. The first kappa shape index (κ1) is 21.1. The van der Waals surface area contributed by atoms with Crippen LogP contribution in [0, 0.1) is 13.8 Å². The molecular weight excluding hydrogens is 384 g/mol. The Morgan fingerprint density at radius 3 is 2.48 bits per heavy atom. The van der Waals surface area contributed by atoms with Crippen molar-refractivity contribution in [2.75, 3.05) is 42.9 Å². The van der Waals surface area contributed by atoms with Crippen LogP contribution in [0.5, 0.6) is 0 Å². The molecule has 160 valence electrons. The van der Waals surface area contributed by atoms with Crippen LogP contribution in [-0.2, 0) is 6.42 Å². The van der Waals surface area contributed by atoms with Crippen molar-refractivity contribution in [3.63, 3.8) is 0 Å². The molecule has 1 N–H and O–H groups in total. The van der Waals surface area contributed by atoms with Crippen LogP contribution < -0.4 is 10.2 Å². The second-order valence-electron chi connectivity index (χ2n) is 8.22. The summed E-state index contributed by atoms with van der Waals surface area (Å²) >= 11 is 0. The predicted molar refractivity (Wildman–Crippen MR) is 127 cm³/mol. The molecule has 0 radical (unpaired) electrons. The molecule has 2 aromatic carbocycles. The van der Waals surface area contributed by atoms with Gasteiger partial charge >= 0.3 is 0 Å². The first-order valence-corrected chi connectivity index (χ1v) is 10.9. The van der Waals surface area contributed by atoms with Gasteiger partial charge in [0, 0.05) is 50.7 Å². The maximum atomic E-state index is 13.0. The van der Waals surface area contributed by atoms with Crippen LogP contribution in [-0.4, -0.2) is 48.5 Å². The third kappa shape index (κ3) is 5.30. The van der Waals surface area contributed by atoms with E-state index in [0.29, 0.717) is 0 Å². The molecule has 0 bridgehead atoms. The van der Waals surface area contributed by atoms with Gasteiger partial charge in [-0.1, -0.05) is 29.8 Å². The number of nitrogens with zero attached hydrogens (tertiary/aromatic N) is 3. The van der Waals surface area contributed by atoms with E-state index in [-0.39, 0.29) is 5.91 Å². The van der Waals surface area contributed by atoms with Crippen molar-refractivity contribution < 1.29 is 4.79 Å². The summed E-state index contributed by atoms with van der Waals surface area (Å²) in [6, 6.07) is 18.3. The summed E-state index contributed by atoms with van der Waals surface area (Å²) in [6.07, 6.45) is 4.76. The smallest absolute Gasteiger partial charge is 0.255 e. The molecule has 1 aromatic heterocycles. The Hall–Kier alpha value is -3.18. The molecule has 31 heavy (non-hydrogen) atoms. The van der Waals surface area contributed by atoms with Crippen LogP contribution in [0.15, 0.2) is 67.0 Å². The molecule has 5 heteroatoms. The lowest BCUT2D eigenvalue weighted by atomic mass is 10.0. The van der Waals surface area contributed by atoms with E-state index in [0.717, 1.165) is 67.2 Å². The Morgan fingerprint density at radius 2 is 1.71 bits per heavy atom. The van der Waals surface area contributed by atoms with Gasteiger partial charge in [-0.3, -0.25) is 14.7 Å². The van der Waals surface area contributed by atoms with Crippen molar-refractivity contribution in [1.29, 1.82) is 0 Å². The molecule has 2 heterocycles. The van der Waals surface area contributed by atoms with Crippen molar-refractivity contribution >= 4 is 17.3 Å². The fourth-order valence-electron chi connectivity index (χ4n) is 4.07. The number of rotatable bonds is 6. The molecular formula is C26H30N4O. The van der Waals surface area contributed by atoms with Gasteiger partial charge < -0.3 is 10.2 Å². The molecule has 0 aliphatic carbocycles. The summed E-state index contributed by atoms with van der Waals surface area (Å²) in [7, 11) is 0. The van der Waals surface area contributed by atoms with E-state index in [1.807, 2.05) is 62.6 Å². The quantitative estimate of drug-likeness (QED) is 0.653. The van der Waals surface area contributed by atoms with E-state index in [2.05, 4.69) is 38.3 Å². The Morgan fingerprint density at radius 1 is 0.968 bits per heavy atom. The van der Waals surface area contributed by atoms with E-state index < -0.39 is 0 Å². The zero-order valence-electron chi connectivity index (χ0n) is 18.3. The number of hydrogen-bond donors (Lipinski definition) is 1. The van der Waals surface area contributed by atoms with Crippen LogP contribution in [0.3, 0.4) is 0 Å². The minimum absolute atomic E-state index is 0.0513. The third-order valence-corrected chi connectivity index (χ3v) is 5.97. The van der Waals surface area contributed by atoms with E-state index in [1.165, 1.54) is 5.56 Å². The summed E-state index contributed by atoms with van der Waals surface area (Å²) < 4.78 is 0. The SMILES string of the molecule is Cc1ccc(C)c(C(=O)Nc2ccccc2N2CCN(CCc3ccncc3)CC2)c1. The highest BCUT2D eigenvalue weighted by atomic mass is 16.1. The zero-order valence-corrected chi connectivity index (χ0v) is 18.3. The largest absolute Gasteiger partial charge is 0.367 e. The number of anilines is 2. The lowest BCUT2D eigenvalue weighted by molar-refractivity contribution is 0.102. The Bertz CT molecular complexity index is 1030. The van der Waals surface area contributed by atoms with Crippen LogP contribution in [0.1, 0.15) is 27.0 Å². The van der Waals surface area contributed by atoms with Crippen LogP contribution >= 0.6 is 0 Å².